The topological polar surface area (TPSA) is 26.8 Å². The zero-order valence-electron chi connectivity index (χ0n) is 19.6. The fourth-order valence-electron chi connectivity index (χ4n) is 4.30. The van der Waals surface area contributed by atoms with Crippen molar-refractivity contribution in [2.45, 2.75) is 37.5 Å². The number of nitrogens with zero attached hydrogens (tertiary/aromatic N) is 3. The van der Waals surface area contributed by atoms with E-state index in [2.05, 4.69) is 73.9 Å². The molecule has 6 heteroatoms. The number of rotatable bonds is 7. The molecule has 1 aliphatic rings. The maximum atomic E-state index is 13.8. The van der Waals surface area contributed by atoms with E-state index in [1.165, 1.54) is 11.4 Å². The molecular formula is C27H30ClN3OS. The van der Waals surface area contributed by atoms with Gasteiger partial charge in [-0.15, -0.1) is 0 Å². The minimum atomic E-state index is -0.0550. The van der Waals surface area contributed by atoms with Crippen LogP contribution in [0.5, 0.6) is 0 Å². The molecule has 0 unspecified atom stereocenters. The van der Waals surface area contributed by atoms with Crippen LogP contribution in [0.1, 0.15) is 38.1 Å². The van der Waals surface area contributed by atoms with E-state index < -0.39 is 0 Å². The lowest BCUT2D eigenvalue weighted by Crippen LogP contribution is -2.29. The fourth-order valence-corrected chi connectivity index (χ4v) is 5.55. The van der Waals surface area contributed by atoms with E-state index in [1.807, 2.05) is 4.90 Å². The van der Waals surface area contributed by atoms with E-state index in [1.54, 1.807) is 36.0 Å². The molecule has 172 valence electrons. The van der Waals surface area contributed by atoms with Gasteiger partial charge in [0, 0.05) is 57.9 Å². The number of carbonyl (C=O) groups is 1. The van der Waals surface area contributed by atoms with Crippen LogP contribution in [0.3, 0.4) is 0 Å². The summed E-state index contributed by atoms with van der Waals surface area (Å²) in [5.41, 5.74) is 4.80. The first-order valence-electron chi connectivity index (χ1n) is 11.6. The molecular weight excluding hydrogens is 450 g/mol. The molecule has 0 aromatic heterocycles. The van der Waals surface area contributed by atoms with Crippen molar-refractivity contribution in [1.82, 2.24) is 0 Å². The van der Waals surface area contributed by atoms with Gasteiger partial charge >= 0.3 is 0 Å². The van der Waals surface area contributed by atoms with Gasteiger partial charge in [0.2, 0.25) is 0 Å². The molecule has 0 fully saturated rings. The van der Waals surface area contributed by atoms with Crippen molar-refractivity contribution in [1.29, 1.82) is 0 Å². The number of anilines is 4. The summed E-state index contributed by atoms with van der Waals surface area (Å²) in [7, 11) is 0. The molecule has 0 aliphatic carbocycles. The van der Waals surface area contributed by atoms with Gasteiger partial charge in [-0.2, -0.15) is 0 Å². The minimum absolute atomic E-state index is 0.0550. The average molecular weight is 480 g/mol. The highest BCUT2D eigenvalue weighted by Crippen LogP contribution is 2.50. The highest BCUT2D eigenvalue weighted by molar-refractivity contribution is 7.99. The van der Waals surface area contributed by atoms with E-state index in [9.17, 15) is 4.79 Å². The van der Waals surface area contributed by atoms with Crippen molar-refractivity contribution in [2.75, 3.05) is 40.9 Å². The van der Waals surface area contributed by atoms with Gasteiger partial charge < -0.3 is 9.80 Å². The number of fused-ring (bicyclic) bond motifs is 2. The molecule has 3 aromatic carbocycles. The van der Waals surface area contributed by atoms with Crippen LogP contribution in [0, 0.1) is 0 Å². The first-order chi connectivity index (χ1) is 16.0. The van der Waals surface area contributed by atoms with E-state index in [4.69, 9.17) is 11.6 Å². The van der Waals surface area contributed by atoms with Crippen LogP contribution < -0.4 is 14.7 Å². The van der Waals surface area contributed by atoms with Gasteiger partial charge in [0.25, 0.3) is 5.91 Å². The Balaban J connectivity index is 1.84. The summed E-state index contributed by atoms with van der Waals surface area (Å²) in [6, 6.07) is 19.9. The van der Waals surface area contributed by atoms with Crippen molar-refractivity contribution in [3.8, 4) is 0 Å². The van der Waals surface area contributed by atoms with Crippen LogP contribution in [0.15, 0.2) is 70.5 Å². The molecule has 0 spiro atoms. The average Bonchev–Trinajstić information content (AvgIpc) is 2.84. The van der Waals surface area contributed by atoms with Crippen molar-refractivity contribution in [3.05, 3.63) is 71.2 Å². The second-order valence-electron chi connectivity index (χ2n) is 7.90. The molecule has 3 aromatic rings. The molecule has 0 N–H and O–H groups in total. The summed E-state index contributed by atoms with van der Waals surface area (Å²) in [4.78, 5) is 22.4. The third-order valence-electron chi connectivity index (χ3n) is 6.14. The maximum Gasteiger partial charge on any atom is 0.262 e. The SMILES string of the molecule is CCN(CC)c1ccc2c(c1)Sc1cc(N(CC)CC)ccc1N2C(=O)c1ccc(Cl)cc1. The number of hydrogen-bond donors (Lipinski definition) is 0. The zero-order valence-corrected chi connectivity index (χ0v) is 21.2. The Morgan fingerprint density at radius 2 is 1.21 bits per heavy atom. The molecule has 4 nitrogen and oxygen atoms in total. The molecule has 1 amide bonds. The summed E-state index contributed by atoms with van der Waals surface area (Å²) in [5.74, 6) is -0.0550. The normalized spacial score (nSPS) is 12.2. The van der Waals surface area contributed by atoms with Crippen molar-refractivity contribution in [2.24, 2.45) is 0 Å². The predicted octanol–water partition coefficient (Wildman–Crippen LogP) is 7.48. The van der Waals surface area contributed by atoms with Crippen LogP contribution in [0.2, 0.25) is 5.02 Å². The van der Waals surface area contributed by atoms with Gasteiger partial charge in [0.15, 0.2) is 0 Å². The quantitative estimate of drug-likeness (QED) is 0.351. The Bertz CT molecular complexity index is 1080. The zero-order chi connectivity index (χ0) is 23.5. The lowest BCUT2D eigenvalue weighted by atomic mass is 10.1. The Morgan fingerprint density at radius 3 is 1.64 bits per heavy atom. The first kappa shape index (κ1) is 23.5. The van der Waals surface area contributed by atoms with E-state index in [0.717, 1.165) is 47.3 Å². The maximum absolute atomic E-state index is 13.8. The van der Waals surface area contributed by atoms with Crippen LogP contribution in [0.25, 0.3) is 0 Å². The number of halogens is 1. The van der Waals surface area contributed by atoms with Crippen LogP contribution >= 0.6 is 23.4 Å². The van der Waals surface area contributed by atoms with Gasteiger partial charge in [-0.1, -0.05) is 23.4 Å². The van der Waals surface area contributed by atoms with Gasteiger partial charge in [0.1, 0.15) is 0 Å². The second kappa shape index (κ2) is 10.1. The van der Waals surface area contributed by atoms with Gasteiger partial charge in [-0.3, -0.25) is 9.69 Å². The van der Waals surface area contributed by atoms with Gasteiger partial charge in [0.05, 0.1) is 11.4 Å². The molecule has 0 bridgehead atoms. The van der Waals surface area contributed by atoms with Crippen LogP contribution in [0.4, 0.5) is 22.7 Å². The summed E-state index contributed by atoms with van der Waals surface area (Å²) < 4.78 is 0. The largest absolute Gasteiger partial charge is 0.372 e. The first-order valence-corrected chi connectivity index (χ1v) is 12.8. The highest BCUT2D eigenvalue weighted by Gasteiger charge is 2.30. The molecule has 0 saturated carbocycles. The van der Waals surface area contributed by atoms with E-state index in [-0.39, 0.29) is 5.91 Å². The Hall–Kier alpha value is -2.63. The lowest BCUT2D eigenvalue weighted by molar-refractivity contribution is 0.0998. The molecule has 0 radical (unpaired) electrons. The smallest absolute Gasteiger partial charge is 0.262 e. The predicted molar refractivity (Wildman–Crippen MR) is 142 cm³/mol. The van der Waals surface area contributed by atoms with Crippen molar-refractivity contribution < 1.29 is 4.79 Å². The van der Waals surface area contributed by atoms with Crippen LogP contribution in [-0.2, 0) is 0 Å². The number of carbonyl (C=O) groups excluding carboxylic acids is 1. The summed E-state index contributed by atoms with van der Waals surface area (Å²) in [6.45, 7) is 12.4. The Labute approximate surface area is 206 Å². The molecule has 33 heavy (non-hydrogen) atoms. The van der Waals surface area contributed by atoms with Crippen LogP contribution in [-0.4, -0.2) is 32.1 Å². The second-order valence-corrected chi connectivity index (χ2v) is 9.42. The number of hydrogen-bond acceptors (Lipinski definition) is 4. The van der Waals surface area contributed by atoms with Crippen molar-refractivity contribution in [3.63, 3.8) is 0 Å². The third kappa shape index (κ3) is 4.57. The standard InChI is InChI=1S/C27H30ClN3OS/c1-5-29(6-2)21-13-15-23-25(17-21)33-26-18-22(30(7-3)8-4)14-16-24(26)31(23)27(32)19-9-11-20(28)12-10-19/h9-18H,5-8H2,1-4H3. The molecule has 4 rings (SSSR count). The highest BCUT2D eigenvalue weighted by atomic mass is 35.5. The Kier molecular flexibility index (Phi) is 7.20. The molecule has 0 saturated heterocycles. The molecule has 1 aliphatic heterocycles. The lowest BCUT2D eigenvalue weighted by Gasteiger charge is -2.33. The third-order valence-corrected chi connectivity index (χ3v) is 7.49. The van der Waals surface area contributed by atoms with Gasteiger partial charge in [-0.25, -0.2) is 0 Å². The summed E-state index contributed by atoms with van der Waals surface area (Å²) in [6.07, 6.45) is 0. The van der Waals surface area contributed by atoms with Crippen molar-refractivity contribution >= 4 is 52.0 Å². The van der Waals surface area contributed by atoms with Gasteiger partial charge in [-0.05, 0) is 88.4 Å². The number of amides is 1. The minimum Gasteiger partial charge on any atom is -0.372 e. The summed E-state index contributed by atoms with van der Waals surface area (Å²) in [5, 5.41) is 0.620. The number of benzene rings is 3. The molecule has 0 atom stereocenters. The van der Waals surface area contributed by atoms with E-state index in [0.29, 0.717) is 10.6 Å². The van der Waals surface area contributed by atoms with E-state index >= 15 is 0 Å². The fraction of sp³-hybridized carbons (Fsp3) is 0.296. The Morgan fingerprint density at radius 1 is 0.758 bits per heavy atom. The summed E-state index contributed by atoms with van der Waals surface area (Å²) >= 11 is 7.81. The molecule has 1 heterocycles. The monoisotopic (exact) mass is 479 g/mol.